The van der Waals surface area contributed by atoms with Crippen molar-refractivity contribution in [2.45, 2.75) is 40.0 Å². The summed E-state index contributed by atoms with van der Waals surface area (Å²) in [6, 6.07) is 14.5. The topological polar surface area (TPSA) is 112 Å². The van der Waals surface area contributed by atoms with Gasteiger partial charge in [-0.05, 0) is 93.1 Å². The first-order valence-electron chi connectivity index (χ1n) is 13.1. The number of pyridine rings is 1. The molecule has 5 rings (SSSR count). The lowest BCUT2D eigenvalue weighted by molar-refractivity contribution is -0.114. The number of benzene rings is 2. The standard InChI is InChI=1S/C31H30N2O6S/c1-19-16-20(2)29(21(3)17-19)39-31-25(30(35)33-40(36,37)28-7-5-4-6-27(28)34)14-15-26(32-31)23-10-12-24(13-11-23)38-18-22-8-9-22/h4-5,7,10-17,22H,6,8-9,18H2,1-3H3,(H,33,35). The van der Waals surface area contributed by atoms with Crippen molar-refractivity contribution in [1.82, 2.24) is 9.71 Å². The first-order chi connectivity index (χ1) is 19.1. The Bertz CT molecular complexity index is 1630. The first kappa shape index (κ1) is 27.3. The maximum atomic E-state index is 13.3. The summed E-state index contributed by atoms with van der Waals surface area (Å²) in [6.07, 6.45) is 6.55. The molecule has 2 aromatic carbocycles. The van der Waals surface area contributed by atoms with E-state index in [0.717, 1.165) is 28.0 Å². The third-order valence-corrected chi connectivity index (χ3v) is 8.12. The van der Waals surface area contributed by atoms with Crippen molar-refractivity contribution in [1.29, 1.82) is 0 Å². The molecule has 1 aromatic heterocycles. The Kier molecular flexibility index (Phi) is 7.58. The first-order valence-corrected chi connectivity index (χ1v) is 14.6. The smallest absolute Gasteiger partial charge is 0.270 e. The summed E-state index contributed by atoms with van der Waals surface area (Å²) in [7, 11) is -4.40. The van der Waals surface area contributed by atoms with Crippen molar-refractivity contribution < 1.29 is 27.5 Å². The van der Waals surface area contributed by atoms with Crippen molar-refractivity contribution in [3.05, 3.63) is 93.9 Å². The maximum absolute atomic E-state index is 13.3. The second-order valence-electron chi connectivity index (χ2n) is 10.2. The van der Waals surface area contributed by atoms with E-state index in [1.54, 1.807) is 12.1 Å². The summed E-state index contributed by atoms with van der Waals surface area (Å²) in [5.74, 6) is 0.318. The maximum Gasteiger partial charge on any atom is 0.270 e. The van der Waals surface area contributed by atoms with Gasteiger partial charge in [0.1, 0.15) is 22.0 Å². The van der Waals surface area contributed by atoms with Gasteiger partial charge in [-0.3, -0.25) is 9.59 Å². The highest BCUT2D eigenvalue weighted by Crippen LogP contribution is 2.34. The van der Waals surface area contributed by atoms with Crippen LogP contribution in [0.3, 0.4) is 0 Å². The quantitative estimate of drug-likeness (QED) is 0.357. The highest BCUT2D eigenvalue weighted by molar-refractivity contribution is 7.95. The molecule has 1 N–H and O–H groups in total. The molecule has 0 saturated heterocycles. The van der Waals surface area contributed by atoms with Crippen LogP contribution in [0.5, 0.6) is 17.4 Å². The minimum atomic E-state index is -4.40. The predicted octanol–water partition coefficient (Wildman–Crippen LogP) is 5.73. The molecule has 0 aliphatic heterocycles. The molecule has 2 aliphatic rings. The normalized spacial score (nSPS) is 15.0. The van der Waals surface area contributed by atoms with Crippen LogP contribution >= 0.6 is 0 Å². The average Bonchev–Trinajstić information content (AvgIpc) is 3.74. The van der Waals surface area contributed by atoms with E-state index in [-0.39, 0.29) is 17.9 Å². The van der Waals surface area contributed by atoms with E-state index in [9.17, 15) is 18.0 Å². The Balaban J connectivity index is 1.48. The fourth-order valence-electron chi connectivity index (χ4n) is 4.49. The number of nitrogens with one attached hydrogen (secondary N) is 1. The fourth-order valence-corrected chi connectivity index (χ4v) is 5.60. The van der Waals surface area contributed by atoms with Crippen LogP contribution in [0, 0.1) is 26.7 Å². The Morgan fingerprint density at radius 2 is 1.73 bits per heavy atom. The molecule has 8 nitrogen and oxygen atoms in total. The van der Waals surface area contributed by atoms with Crippen molar-refractivity contribution in [2.75, 3.05) is 6.61 Å². The number of hydrogen-bond acceptors (Lipinski definition) is 7. The van der Waals surface area contributed by atoms with Crippen molar-refractivity contribution in [3.8, 4) is 28.6 Å². The highest BCUT2D eigenvalue weighted by atomic mass is 32.2. The minimum absolute atomic E-state index is 0.0536. The number of aryl methyl sites for hydroxylation is 3. The van der Waals surface area contributed by atoms with E-state index in [1.165, 1.54) is 31.1 Å². The van der Waals surface area contributed by atoms with Crippen molar-refractivity contribution in [2.24, 2.45) is 5.92 Å². The van der Waals surface area contributed by atoms with E-state index in [2.05, 4.69) is 4.98 Å². The predicted molar refractivity (Wildman–Crippen MR) is 152 cm³/mol. The fraction of sp³-hybridized carbons (Fsp3) is 0.258. The molecule has 9 heteroatoms. The molecule has 3 aromatic rings. The number of hydrogen-bond donors (Lipinski definition) is 1. The molecule has 2 aliphatic carbocycles. The third kappa shape index (κ3) is 6.15. The van der Waals surface area contributed by atoms with Crippen molar-refractivity contribution >= 4 is 21.7 Å². The number of rotatable bonds is 9. The molecule has 1 amide bonds. The molecule has 206 valence electrons. The van der Waals surface area contributed by atoms with Gasteiger partial charge in [0.2, 0.25) is 5.88 Å². The Morgan fingerprint density at radius 1 is 1.02 bits per heavy atom. The molecule has 40 heavy (non-hydrogen) atoms. The highest BCUT2D eigenvalue weighted by Gasteiger charge is 2.29. The SMILES string of the molecule is Cc1cc(C)c(Oc2nc(-c3ccc(OCC4CC4)cc3)ccc2C(=O)NS(=O)(=O)C2=CC=CCC2=O)c(C)c1. The van der Waals surface area contributed by atoms with Gasteiger partial charge in [-0.25, -0.2) is 18.1 Å². The summed E-state index contributed by atoms with van der Waals surface area (Å²) in [5.41, 5.74) is 3.94. The van der Waals surface area contributed by atoms with Crippen LogP contribution in [-0.4, -0.2) is 31.7 Å². The van der Waals surface area contributed by atoms with Gasteiger partial charge in [-0.2, -0.15) is 0 Å². The van der Waals surface area contributed by atoms with Gasteiger partial charge in [0.25, 0.3) is 15.9 Å². The number of ether oxygens (including phenoxy) is 2. The molecule has 0 bridgehead atoms. The van der Waals surface area contributed by atoms with Crippen LogP contribution in [-0.2, 0) is 14.8 Å². The monoisotopic (exact) mass is 558 g/mol. The Labute approximate surface area is 233 Å². The molecule has 0 unspecified atom stereocenters. The molecule has 0 radical (unpaired) electrons. The van der Waals surface area contributed by atoms with Crippen molar-refractivity contribution in [3.63, 3.8) is 0 Å². The van der Waals surface area contributed by atoms with Gasteiger partial charge in [0, 0.05) is 12.0 Å². The molecular formula is C31H30N2O6S. The Morgan fingerprint density at radius 3 is 2.38 bits per heavy atom. The molecule has 1 fully saturated rings. The summed E-state index contributed by atoms with van der Waals surface area (Å²) in [5, 5.41) is 0. The number of carbonyl (C=O) groups excluding carboxylic acids is 2. The lowest BCUT2D eigenvalue weighted by atomic mass is 10.1. The molecular weight excluding hydrogens is 528 g/mol. The van der Waals surface area contributed by atoms with Gasteiger partial charge in [-0.15, -0.1) is 0 Å². The summed E-state index contributed by atoms with van der Waals surface area (Å²) >= 11 is 0. The van der Waals surface area contributed by atoms with Crippen LogP contribution in [0.15, 0.2) is 71.7 Å². The van der Waals surface area contributed by atoms with E-state index in [4.69, 9.17) is 9.47 Å². The number of ketones is 1. The zero-order valence-corrected chi connectivity index (χ0v) is 23.4. The molecule has 1 saturated carbocycles. The van der Waals surface area contributed by atoms with Gasteiger partial charge in [0.05, 0.1) is 12.3 Å². The van der Waals surface area contributed by atoms with Crippen LogP contribution < -0.4 is 14.2 Å². The lowest BCUT2D eigenvalue weighted by Crippen LogP contribution is -2.34. The second kappa shape index (κ2) is 11.1. The number of sulfonamides is 1. The van der Waals surface area contributed by atoms with Gasteiger partial charge < -0.3 is 9.47 Å². The van der Waals surface area contributed by atoms with Crippen LogP contribution in [0.1, 0.15) is 46.3 Å². The summed E-state index contributed by atoms with van der Waals surface area (Å²) in [6.45, 7) is 6.45. The minimum Gasteiger partial charge on any atom is -0.493 e. The average molecular weight is 559 g/mol. The van der Waals surface area contributed by atoms with Gasteiger partial charge in [-0.1, -0.05) is 29.8 Å². The number of nitrogens with zero attached hydrogens (tertiary/aromatic N) is 1. The van der Waals surface area contributed by atoms with Gasteiger partial charge in [0.15, 0.2) is 5.78 Å². The Hall–Kier alpha value is -4.24. The number of amides is 1. The zero-order chi connectivity index (χ0) is 28.4. The molecule has 0 atom stereocenters. The number of Topliss-reactive ketones (excluding diaryl/α,β-unsaturated/α-hetero) is 1. The second-order valence-corrected chi connectivity index (χ2v) is 11.8. The molecule has 1 heterocycles. The number of aromatic nitrogens is 1. The lowest BCUT2D eigenvalue weighted by Gasteiger charge is -2.16. The summed E-state index contributed by atoms with van der Waals surface area (Å²) < 4.78 is 39.8. The summed E-state index contributed by atoms with van der Waals surface area (Å²) in [4.78, 5) is 29.6. The van der Waals surface area contributed by atoms with E-state index < -0.39 is 26.6 Å². The van der Waals surface area contributed by atoms with E-state index >= 15 is 0 Å². The van der Waals surface area contributed by atoms with Crippen LogP contribution in [0.25, 0.3) is 11.3 Å². The number of carbonyl (C=O) groups is 2. The van der Waals surface area contributed by atoms with E-state index in [1.807, 2.05) is 61.9 Å². The zero-order valence-electron chi connectivity index (χ0n) is 22.6. The number of allylic oxidation sites excluding steroid dienone is 4. The molecule has 0 spiro atoms. The van der Waals surface area contributed by atoms with Crippen LogP contribution in [0.4, 0.5) is 0 Å². The van der Waals surface area contributed by atoms with E-state index in [0.29, 0.717) is 24.0 Å². The third-order valence-electron chi connectivity index (χ3n) is 6.72. The van der Waals surface area contributed by atoms with Crippen LogP contribution in [0.2, 0.25) is 0 Å². The largest absolute Gasteiger partial charge is 0.493 e. The van der Waals surface area contributed by atoms with Gasteiger partial charge >= 0.3 is 0 Å².